The van der Waals surface area contributed by atoms with Crippen LogP contribution in [0.25, 0.3) is 11.3 Å². The summed E-state index contributed by atoms with van der Waals surface area (Å²) in [5.74, 6) is -0.848. The van der Waals surface area contributed by atoms with E-state index >= 15 is 0 Å². The predicted octanol–water partition coefficient (Wildman–Crippen LogP) is 5.21. The summed E-state index contributed by atoms with van der Waals surface area (Å²) in [6.45, 7) is 4.75. The lowest BCUT2D eigenvalue weighted by Crippen LogP contribution is -2.45. The fourth-order valence-corrected chi connectivity index (χ4v) is 4.07. The van der Waals surface area contributed by atoms with Crippen molar-refractivity contribution in [1.29, 1.82) is 0 Å². The van der Waals surface area contributed by atoms with Gasteiger partial charge in [0.1, 0.15) is 6.04 Å². The molecule has 8 heteroatoms. The first-order chi connectivity index (χ1) is 16.8. The van der Waals surface area contributed by atoms with E-state index in [1.165, 1.54) is 17.8 Å². The van der Waals surface area contributed by atoms with E-state index < -0.39 is 12.0 Å². The molecule has 0 bridgehead atoms. The van der Waals surface area contributed by atoms with Crippen molar-refractivity contribution >= 4 is 29.3 Å². The number of nitrogens with zero attached hydrogens (tertiary/aromatic N) is 2. The molecule has 4 rings (SSSR count). The standard InChI is InChI=1S/C27H28N4O4/c1-17(2)18-5-10-22(11-6-18)30-27(35)31-15-3-4-24(31)25(32)29-21-12-7-19(8-13-21)23-14-9-20(16-28-23)26(33)34/h5-14,16-17,24H,3-4,15H2,1-2H3,(H,29,32)(H,30,35)(H,33,34)/t24-/m1/s1. The number of benzene rings is 2. The topological polar surface area (TPSA) is 112 Å². The number of anilines is 2. The maximum atomic E-state index is 13.0. The molecule has 3 aromatic rings. The van der Waals surface area contributed by atoms with Crippen LogP contribution in [0, 0.1) is 0 Å². The first-order valence-electron chi connectivity index (χ1n) is 11.6. The van der Waals surface area contributed by atoms with Crippen LogP contribution in [0.2, 0.25) is 0 Å². The number of likely N-dealkylation sites (tertiary alicyclic amines) is 1. The van der Waals surface area contributed by atoms with E-state index in [0.29, 0.717) is 36.0 Å². The number of aromatic nitrogens is 1. The molecule has 0 unspecified atom stereocenters. The molecule has 2 aromatic carbocycles. The van der Waals surface area contributed by atoms with Gasteiger partial charge in [-0.25, -0.2) is 9.59 Å². The van der Waals surface area contributed by atoms with Crippen molar-refractivity contribution in [3.63, 3.8) is 0 Å². The molecule has 0 aliphatic carbocycles. The highest BCUT2D eigenvalue weighted by molar-refractivity contribution is 5.99. The molecule has 8 nitrogen and oxygen atoms in total. The van der Waals surface area contributed by atoms with E-state index in [9.17, 15) is 14.4 Å². The molecule has 0 radical (unpaired) electrons. The Bertz CT molecular complexity index is 1210. The first kappa shape index (κ1) is 23.9. The van der Waals surface area contributed by atoms with Gasteiger partial charge in [-0.1, -0.05) is 38.1 Å². The molecule has 3 amide bonds. The number of amides is 3. The average Bonchev–Trinajstić information content (AvgIpc) is 3.35. The molecule has 1 fully saturated rings. The van der Waals surface area contributed by atoms with Gasteiger partial charge in [0.05, 0.1) is 11.3 Å². The van der Waals surface area contributed by atoms with Crippen LogP contribution < -0.4 is 10.6 Å². The smallest absolute Gasteiger partial charge is 0.337 e. The van der Waals surface area contributed by atoms with Gasteiger partial charge >= 0.3 is 12.0 Å². The summed E-state index contributed by atoms with van der Waals surface area (Å²) in [4.78, 5) is 42.6. The van der Waals surface area contributed by atoms with E-state index in [1.54, 1.807) is 35.2 Å². The highest BCUT2D eigenvalue weighted by Gasteiger charge is 2.34. The zero-order chi connectivity index (χ0) is 24.9. The van der Waals surface area contributed by atoms with Crippen LogP contribution in [0.5, 0.6) is 0 Å². The third-order valence-corrected chi connectivity index (χ3v) is 6.10. The normalized spacial score (nSPS) is 15.2. The van der Waals surface area contributed by atoms with Gasteiger partial charge in [-0.05, 0) is 60.7 Å². The number of urea groups is 1. The molecular formula is C27H28N4O4. The van der Waals surface area contributed by atoms with Crippen molar-refractivity contribution in [2.75, 3.05) is 17.2 Å². The minimum Gasteiger partial charge on any atom is -0.478 e. The number of carboxylic acid groups (broad SMARTS) is 1. The Morgan fingerprint density at radius 2 is 1.60 bits per heavy atom. The second-order valence-corrected chi connectivity index (χ2v) is 8.86. The quantitative estimate of drug-likeness (QED) is 0.456. The van der Waals surface area contributed by atoms with Crippen LogP contribution in [-0.4, -0.2) is 45.5 Å². The maximum Gasteiger partial charge on any atom is 0.337 e. The Kier molecular flexibility index (Phi) is 7.10. The van der Waals surface area contributed by atoms with Crippen molar-refractivity contribution in [2.24, 2.45) is 0 Å². The van der Waals surface area contributed by atoms with Crippen molar-refractivity contribution in [2.45, 2.75) is 38.6 Å². The molecule has 3 N–H and O–H groups in total. The Morgan fingerprint density at radius 1 is 0.943 bits per heavy atom. The Morgan fingerprint density at radius 3 is 2.20 bits per heavy atom. The minimum absolute atomic E-state index is 0.121. The lowest BCUT2D eigenvalue weighted by atomic mass is 10.0. The highest BCUT2D eigenvalue weighted by Crippen LogP contribution is 2.24. The number of aromatic carboxylic acids is 1. The van der Waals surface area contributed by atoms with Gasteiger partial charge < -0.3 is 20.6 Å². The van der Waals surface area contributed by atoms with Crippen LogP contribution >= 0.6 is 0 Å². The monoisotopic (exact) mass is 472 g/mol. The van der Waals surface area contributed by atoms with Crippen LogP contribution in [0.15, 0.2) is 66.9 Å². The average molecular weight is 473 g/mol. The zero-order valence-corrected chi connectivity index (χ0v) is 19.7. The lowest BCUT2D eigenvalue weighted by Gasteiger charge is -2.24. The van der Waals surface area contributed by atoms with Crippen molar-refractivity contribution in [1.82, 2.24) is 9.88 Å². The number of nitrogens with one attached hydrogen (secondary N) is 2. The van der Waals surface area contributed by atoms with Crippen molar-refractivity contribution in [3.05, 3.63) is 78.0 Å². The van der Waals surface area contributed by atoms with E-state index in [1.807, 2.05) is 24.3 Å². The third kappa shape index (κ3) is 5.66. The Balaban J connectivity index is 1.37. The summed E-state index contributed by atoms with van der Waals surface area (Å²) in [7, 11) is 0. The van der Waals surface area contributed by atoms with E-state index in [-0.39, 0.29) is 17.5 Å². The van der Waals surface area contributed by atoms with Crippen molar-refractivity contribution < 1.29 is 19.5 Å². The highest BCUT2D eigenvalue weighted by atomic mass is 16.4. The number of rotatable bonds is 6. The molecule has 2 heterocycles. The molecule has 1 aliphatic heterocycles. The zero-order valence-electron chi connectivity index (χ0n) is 19.7. The summed E-state index contributed by atoms with van der Waals surface area (Å²) < 4.78 is 0. The fraction of sp³-hybridized carbons (Fsp3) is 0.259. The Hall–Kier alpha value is -4.20. The third-order valence-electron chi connectivity index (χ3n) is 6.10. The fourth-order valence-electron chi connectivity index (χ4n) is 4.07. The predicted molar refractivity (Wildman–Crippen MR) is 135 cm³/mol. The number of pyridine rings is 1. The number of carbonyl (C=O) groups is 3. The molecule has 35 heavy (non-hydrogen) atoms. The van der Waals surface area contributed by atoms with Crippen LogP contribution in [0.3, 0.4) is 0 Å². The Labute approximate surface area is 204 Å². The van der Waals surface area contributed by atoms with Crippen LogP contribution in [0.1, 0.15) is 48.5 Å². The van der Waals surface area contributed by atoms with Crippen LogP contribution in [-0.2, 0) is 4.79 Å². The molecule has 180 valence electrons. The summed E-state index contributed by atoms with van der Waals surface area (Å²) in [6, 6.07) is 17.2. The number of carbonyl (C=O) groups excluding carboxylic acids is 2. The van der Waals surface area contributed by atoms with Gasteiger partial charge in [-0.3, -0.25) is 9.78 Å². The largest absolute Gasteiger partial charge is 0.478 e. The molecular weight excluding hydrogens is 444 g/mol. The van der Waals surface area contributed by atoms with E-state index in [2.05, 4.69) is 29.5 Å². The minimum atomic E-state index is -1.03. The van der Waals surface area contributed by atoms with Crippen molar-refractivity contribution in [3.8, 4) is 11.3 Å². The van der Waals surface area contributed by atoms with Gasteiger partial charge in [0, 0.05) is 29.7 Å². The van der Waals surface area contributed by atoms with Gasteiger partial charge in [0.15, 0.2) is 0 Å². The molecule has 0 saturated carbocycles. The molecule has 1 aliphatic rings. The second kappa shape index (κ2) is 10.4. The van der Waals surface area contributed by atoms with Gasteiger partial charge in [0.2, 0.25) is 5.91 Å². The second-order valence-electron chi connectivity index (χ2n) is 8.86. The SMILES string of the molecule is CC(C)c1ccc(NC(=O)N2CCC[C@@H]2C(=O)Nc2ccc(-c3ccc(C(=O)O)cn3)cc2)cc1. The van der Waals surface area contributed by atoms with Gasteiger partial charge in [0.25, 0.3) is 0 Å². The summed E-state index contributed by atoms with van der Waals surface area (Å²) in [5, 5.41) is 14.8. The summed E-state index contributed by atoms with van der Waals surface area (Å²) in [6.07, 6.45) is 2.67. The van der Waals surface area contributed by atoms with Crippen LogP contribution in [0.4, 0.5) is 16.2 Å². The summed E-state index contributed by atoms with van der Waals surface area (Å²) in [5.41, 5.74) is 4.05. The number of hydrogen-bond acceptors (Lipinski definition) is 4. The van der Waals surface area contributed by atoms with E-state index in [4.69, 9.17) is 5.11 Å². The number of hydrogen-bond donors (Lipinski definition) is 3. The number of carboxylic acids is 1. The van der Waals surface area contributed by atoms with Gasteiger partial charge in [-0.15, -0.1) is 0 Å². The lowest BCUT2D eigenvalue weighted by molar-refractivity contribution is -0.119. The molecule has 1 aromatic heterocycles. The molecule has 1 saturated heterocycles. The summed E-state index contributed by atoms with van der Waals surface area (Å²) >= 11 is 0. The maximum absolute atomic E-state index is 13.0. The molecule has 0 spiro atoms. The van der Waals surface area contributed by atoms with Gasteiger partial charge in [-0.2, -0.15) is 0 Å². The molecule has 1 atom stereocenters. The first-order valence-corrected chi connectivity index (χ1v) is 11.6. The van der Waals surface area contributed by atoms with E-state index in [0.717, 1.165) is 12.0 Å².